The zero-order valence-corrected chi connectivity index (χ0v) is 18.6. The molecule has 34 heavy (non-hydrogen) atoms. The van der Waals surface area contributed by atoms with E-state index in [4.69, 9.17) is 9.97 Å². The number of hydrogen-bond acceptors (Lipinski definition) is 8. The Hall–Kier alpha value is -4.31. The van der Waals surface area contributed by atoms with E-state index < -0.39 is 4.92 Å². The number of thioether (sulfide) groups is 1. The molecule has 2 aromatic carbocycles. The molecule has 10 heteroatoms. The fourth-order valence-corrected chi connectivity index (χ4v) is 4.99. The number of nitro groups is 1. The Morgan fingerprint density at radius 2 is 1.94 bits per heavy atom. The first-order chi connectivity index (χ1) is 16.7. The van der Waals surface area contributed by atoms with E-state index in [1.165, 1.54) is 6.07 Å². The van der Waals surface area contributed by atoms with Gasteiger partial charge in [0, 0.05) is 53.5 Å². The summed E-state index contributed by atoms with van der Waals surface area (Å²) >= 11 is 1.66. The van der Waals surface area contributed by atoms with Gasteiger partial charge < -0.3 is 9.88 Å². The molecule has 0 bridgehead atoms. The number of aromatic nitrogens is 5. The average Bonchev–Trinajstić information content (AvgIpc) is 3.46. The van der Waals surface area contributed by atoms with Crippen LogP contribution in [-0.4, -0.2) is 35.2 Å². The molecule has 0 saturated carbocycles. The molecule has 3 aromatic heterocycles. The molecule has 0 aliphatic carbocycles. The van der Waals surface area contributed by atoms with E-state index in [-0.39, 0.29) is 5.69 Å². The van der Waals surface area contributed by atoms with Gasteiger partial charge >= 0.3 is 0 Å². The first-order valence-electron chi connectivity index (χ1n) is 10.6. The Labute approximate surface area is 198 Å². The number of fused-ring (bicyclic) bond motifs is 2. The molecule has 0 atom stereocenters. The normalized spacial score (nSPS) is 12.6. The first kappa shape index (κ1) is 20.3. The van der Waals surface area contributed by atoms with E-state index in [0.717, 1.165) is 39.7 Å². The number of pyridine rings is 1. The van der Waals surface area contributed by atoms with Crippen LogP contribution in [0.4, 0.5) is 17.3 Å². The zero-order valence-electron chi connectivity index (χ0n) is 17.8. The van der Waals surface area contributed by atoms with Crippen molar-refractivity contribution in [3.8, 4) is 22.6 Å². The molecule has 1 aliphatic rings. The lowest BCUT2D eigenvalue weighted by Crippen LogP contribution is -2.02. The number of imidazole rings is 1. The Morgan fingerprint density at radius 1 is 1.00 bits per heavy atom. The van der Waals surface area contributed by atoms with E-state index in [9.17, 15) is 10.1 Å². The van der Waals surface area contributed by atoms with E-state index in [1.807, 2.05) is 42.5 Å². The molecule has 0 saturated heterocycles. The van der Waals surface area contributed by atoms with Crippen molar-refractivity contribution >= 4 is 40.0 Å². The summed E-state index contributed by atoms with van der Waals surface area (Å²) in [6.07, 6.45) is 3.47. The smallest absolute Gasteiger partial charge is 0.270 e. The highest BCUT2D eigenvalue weighted by Gasteiger charge is 2.25. The van der Waals surface area contributed by atoms with Gasteiger partial charge in [0.2, 0.25) is 5.95 Å². The standard InChI is InChI=1S/C24H17N7O2S/c32-31(33)18-5-1-3-16(14-18)21-22(30-11-12-34-24(30)29-21)20-8-10-26-23(28-20)27-17-6-7-19-15(13-17)4-2-9-25-19/h1-10,13-14H,11-12H2,(H,26,27,28). The minimum atomic E-state index is -0.395. The van der Waals surface area contributed by atoms with E-state index >= 15 is 0 Å². The number of benzene rings is 2. The third-order valence-electron chi connectivity index (χ3n) is 5.57. The Morgan fingerprint density at radius 3 is 2.85 bits per heavy atom. The second kappa shape index (κ2) is 8.23. The Bertz CT molecular complexity index is 1570. The molecule has 4 heterocycles. The molecule has 0 spiro atoms. The maximum absolute atomic E-state index is 11.3. The van der Waals surface area contributed by atoms with Gasteiger partial charge in [-0.15, -0.1) is 0 Å². The van der Waals surface area contributed by atoms with Crippen molar-refractivity contribution in [1.29, 1.82) is 0 Å². The Kier molecular flexibility index (Phi) is 4.92. The zero-order chi connectivity index (χ0) is 23.1. The fourth-order valence-electron chi connectivity index (χ4n) is 4.04. The van der Waals surface area contributed by atoms with E-state index in [0.29, 0.717) is 22.9 Å². The van der Waals surface area contributed by atoms with Crippen LogP contribution >= 0.6 is 11.8 Å². The van der Waals surface area contributed by atoms with Gasteiger partial charge in [-0.1, -0.05) is 30.0 Å². The van der Waals surface area contributed by atoms with Crippen molar-refractivity contribution in [2.24, 2.45) is 0 Å². The van der Waals surface area contributed by atoms with Crippen LogP contribution in [0.15, 0.2) is 78.2 Å². The van der Waals surface area contributed by atoms with Crippen molar-refractivity contribution < 1.29 is 4.92 Å². The maximum atomic E-state index is 11.3. The summed E-state index contributed by atoms with van der Waals surface area (Å²) in [6.45, 7) is 0.793. The van der Waals surface area contributed by atoms with Crippen molar-refractivity contribution in [1.82, 2.24) is 24.5 Å². The summed E-state index contributed by atoms with van der Waals surface area (Å²) in [5.74, 6) is 1.37. The average molecular weight is 468 g/mol. The molecular weight excluding hydrogens is 450 g/mol. The highest BCUT2D eigenvalue weighted by Crippen LogP contribution is 2.39. The van der Waals surface area contributed by atoms with E-state index in [1.54, 1.807) is 36.3 Å². The summed E-state index contributed by atoms with van der Waals surface area (Å²) in [7, 11) is 0. The van der Waals surface area contributed by atoms with Crippen LogP contribution in [0, 0.1) is 10.1 Å². The lowest BCUT2D eigenvalue weighted by molar-refractivity contribution is -0.384. The molecule has 166 valence electrons. The highest BCUT2D eigenvalue weighted by atomic mass is 32.2. The van der Waals surface area contributed by atoms with Crippen LogP contribution < -0.4 is 5.32 Å². The lowest BCUT2D eigenvalue weighted by Gasteiger charge is -2.10. The molecule has 0 radical (unpaired) electrons. The van der Waals surface area contributed by atoms with Crippen LogP contribution in [-0.2, 0) is 6.54 Å². The largest absolute Gasteiger partial charge is 0.324 e. The summed E-state index contributed by atoms with van der Waals surface area (Å²) in [5.41, 5.74) is 4.67. The van der Waals surface area contributed by atoms with Gasteiger partial charge in [0.15, 0.2) is 5.16 Å². The number of rotatable bonds is 5. The van der Waals surface area contributed by atoms with Crippen LogP contribution in [0.5, 0.6) is 0 Å². The summed E-state index contributed by atoms with van der Waals surface area (Å²) in [5, 5.41) is 16.5. The predicted octanol–water partition coefficient (Wildman–Crippen LogP) is 5.31. The number of anilines is 2. The van der Waals surface area contributed by atoms with E-state index in [2.05, 4.69) is 19.9 Å². The van der Waals surface area contributed by atoms with Crippen LogP contribution in [0.1, 0.15) is 0 Å². The van der Waals surface area contributed by atoms with Crippen LogP contribution in [0.25, 0.3) is 33.5 Å². The molecule has 0 fully saturated rings. The minimum Gasteiger partial charge on any atom is -0.324 e. The van der Waals surface area contributed by atoms with Crippen molar-refractivity contribution in [2.45, 2.75) is 11.7 Å². The SMILES string of the molecule is O=[N+]([O-])c1cccc(-c2nc3n(c2-c2ccnc(Nc4ccc5ncccc5c4)n2)CCS3)c1. The number of nitro benzene ring substituents is 1. The third kappa shape index (κ3) is 3.63. The summed E-state index contributed by atoms with van der Waals surface area (Å²) in [4.78, 5) is 29.2. The maximum Gasteiger partial charge on any atom is 0.270 e. The monoisotopic (exact) mass is 467 g/mol. The molecular formula is C24H17N7O2S. The van der Waals surface area contributed by atoms with Crippen LogP contribution in [0.2, 0.25) is 0 Å². The molecule has 0 amide bonds. The highest BCUT2D eigenvalue weighted by molar-refractivity contribution is 7.99. The molecule has 6 rings (SSSR count). The first-order valence-corrected chi connectivity index (χ1v) is 11.6. The third-order valence-corrected chi connectivity index (χ3v) is 6.52. The van der Waals surface area contributed by atoms with Gasteiger partial charge in [-0.25, -0.2) is 15.0 Å². The summed E-state index contributed by atoms with van der Waals surface area (Å²) in [6, 6.07) is 18.2. The number of hydrogen-bond donors (Lipinski definition) is 1. The van der Waals surface area contributed by atoms with Gasteiger partial charge in [0.05, 0.1) is 27.5 Å². The molecule has 0 unspecified atom stereocenters. The molecule has 1 aliphatic heterocycles. The second-order valence-electron chi connectivity index (χ2n) is 7.70. The van der Waals surface area contributed by atoms with Crippen molar-refractivity contribution in [2.75, 3.05) is 11.1 Å². The topological polar surface area (TPSA) is 112 Å². The fraction of sp³-hybridized carbons (Fsp3) is 0.0833. The predicted molar refractivity (Wildman–Crippen MR) is 131 cm³/mol. The molecule has 9 nitrogen and oxygen atoms in total. The van der Waals surface area contributed by atoms with Crippen molar-refractivity contribution in [3.05, 3.63) is 83.2 Å². The van der Waals surface area contributed by atoms with Crippen molar-refractivity contribution in [3.63, 3.8) is 0 Å². The quantitative estimate of drug-likeness (QED) is 0.273. The summed E-state index contributed by atoms with van der Waals surface area (Å²) < 4.78 is 2.12. The van der Waals surface area contributed by atoms with Gasteiger partial charge in [-0.05, 0) is 30.3 Å². The minimum absolute atomic E-state index is 0.0279. The number of nitrogens with one attached hydrogen (secondary N) is 1. The van der Waals surface area contributed by atoms with Gasteiger partial charge in [-0.3, -0.25) is 15.1 Å². The van der Waals surface area contributed by atoms with Crippen LogP contribution in [0.3, 0.4) is 0 Å². The van der Waals surface area contributed by atoms with Gasteiger partial charge in [-0.2, -0.15) is 0 Å². The van der Waals surface area contributed by atoms with Gasteiger partial charge in [0.25, 0.3) is 5.69 Å². The lowest BCUT2D eigenvalue weighted by atomic mass is 10.1. The second-order valence-corrected chi connectivity index (χ2v) is 8.76. The number of nitrogens with zero attached hydrogens (tertiary/aromatic N) is 6. The molecule has 5 aromatic rings. The number of non-ortho nitro benzene ring substituents is 1. The molecule has 1 N–H and O–H groups in total. The van der Waals surface area contributed by atoms with Gasteiger partial charge in [0.1, 0.15) is 0 Å². The Balaban J connectivity index is 1.41.